The second-order valence-electron chi connectivity index (χ2n) is 2.00. The van der Waals surface area contributed by atoms with Crippen LogP contribution in [-0.4, -0.2) is 71.2 Å². The maximum absolute atomic E-state index is 10.4. The Bertz CT molecular complexity index is 127. The van der Waals surface area contributed by atoms with E-state index in [1.54, 1.807) is 0 Å². The zero-order valence-electron chi connectivity index (χ0n) is 8.60. The first kappa shape index (κ1) is 28.1. The fourth-order valence-electron chi connectivity index (χ4n) is 0. The Labute approximate surface area is 131 Å². The average molecular weight is 351 g/mol. The Hall–Kier alpha value is 0.851. The molecule has 0 N–H and O–H groups in total. The van der Waals surface area contributed by atoms with Gasteiger partial charge in [-0.2, -0.15) is 0 Å². The molecule has 0 heterocycles. The molecule has 0 radical (unpaired) electrons. The van der Waals surface area contributed by atoms with Crippen LogP contribution in [0.5, 0.6) is 0 Å². The summed E-state index contributed by atoms with van der Waals surface area (Å²) in [6.45, 7) is 0. The van der Waals surface area contributed by atoms with E-state index in [4.69, 9.17) is 0 Å². The molecule has 18 heteroatoms. The van der Waals surface area contributed by atoms with E-state index in [1.165, 1.54) is 0 Å². The van der Waals surface area contributed by atoms with Gasteiger partial charge < -0.3 is 51.8 Å². The van der Waals surface area contributed by atoms with Gasteiger partial charge >= 0.3 is 80.0 Å². The predicted molar refractivity (Wildman–Crippen MR) is 42.3 cm³/mol. The van der Waals surface area contributed by atoms with E-state index in [-0.39, 0.29) is 49.0 Å². The zero-order chi connectivity index (χ0) is 17.1. The Kier molecular flexibility index (Phi) is 18.6. The minimum atomic E-state index is -6.00. The van der Waals surface area contributed by atoms with E-state index in [2.05, 4.69) is 0 Å². The van der Waals surface area contributed by atoms with Crippen molar-refractivity contribution in [1.82, 2.24) is 0 Å². The standard InChI is InChI=1S/CHF2.3BF4.K/c2-1-3;3*2-1(3,4)5;/h1H;;;;/q;3*-1;. The van der Waals surface area contributed by atoms with Gasteiger partial charge in [0.05, 0.1) is 0 Å². The Morgan fingerprint density at radius 1 is 0.474 bits per heavy atom. The molecule has 0 aliphatic rings. The third kappa shape index (κ3) is 7390. The molecule has 0 spiro atoms. The van der Waals surface area contributed by atoms with Crippen molar-refractivity contribution in [1.29, 1.82) is 0 Å². The summed E-state index contributed by atoms with van der Waals surface area (Å²) < 4.78 is 136. The Balaban J connectivity index is -0.0000000793. The Morgan fingerprint density at radius 3 is 0.474 bits per heavy atom. The Morgan fingerprint density at radius 2 is 0.474 bits per heavy atom. The molecule has 0 aliphatic heterocycles. The van der Waals surface area contributed by atoms with Gasteiger partial charge in [-0.1, -0.05) is 0 Å². The van der Waals surface area contributed by atoms with Gasteiger partial charge in [0.2, 0.25) is 0 Å². The van der Waals surface area contributed by atoms with E-state index < -0.39 is 22.3 Å². The van der Waals surface area contributed by atoms with Gasteiger partial charge in [-0.05, 0) is 0 Å². The van der Waals surface area contributed by atoms with Gasteiger partial charge in [0.1, 0.15) is 0 Å². The molecule has 0 aliphatic carbocycles. The molecule has 0 aromatic rings. The van der Waals surface area contributed by atoms with Crippen LogP contribution in [-0.2, 0) is 0 Å². The number of halogens is 14. The summed E-state index contributed by atoms with van der Waals surface area (Å²) in [4.78, 5) is 0. The average Bonchev–Trinajstić information content (AvgIpc) is 1.66. The van der Waals surface area contributed by atoms with Crippen LogP contribution in [0.15, 0.2) is 0 Å². The van der Waals surface area contributed by atoms with Crippen LogP contribution in [0.1, 0.15) is 0 Å². The molecule has 0 nitrogen and oxygen atoms in total. The van der Waals surface area contributed by atoms with Crippen molar-refractivity contribution in [2.24, 2.45) is 0 Å². The van der Waals surface area contributed by atoms with Crippen molar-refractivity contribution < 1.29 is 60.6 Å². The van der Waals surface area contributed by atoms with E-state index >= 15 is 0 Å². The van der Waals surface area contributed by atoms with Crippen molar-refractivity contribution in [2.45, 2.75) is 0.520 Å². The third-order valence-corrected chi connectivity index (χ3v) is 0. The van der Waals surface area contributed by atoms with Crippen LogP contribution >= 0.6 is 0 Å². The summed E-state index contributed by atoms with van der Waals surface area (Å²) in [5.74, 6) is 0. The zero-order valence-corrected chi connectivity index (χ0v) is 11.7. The molecule has 0 rings (SSSR count). The van der Waals surface area contributed by atoms with E-state index in [0.29, 0.717) is 0 Å². The second-order valence-corrected chi connectivity index (χ2v) is 3.37. The quantitative estimate of drug-likeness (QED) is 0.452. The third-order valence-electron chi connectivity index (χ3n) is 0. The van der Waals surface area contributed by atoms with Crippen molar-refractivity contribution >= 4 is 70.7 Å². The summed E-state index contributed by atoms with van der Waals surface area (Å²) in [5, 5.41) is 0. The summed E-state index contributed by atoms with van der Waals surface area (Å²) in [7, 11) is -18.0. The molecular formula is CHB3F14K-3. The van der Waals surface area contributed by atoms with Crippen LogP contribution in [0, 0.1) is 0 Å². The molecule has 0 atom stereocenters. The fourth-order valence-corrected chi connectivity index (χ4v) is 0. The summed E-state index contributed by atoms with van der Waals surface area (Å²) in [5.41, 5.74) is 0. The van der Waals surface area contributed by atoms with Crippen molar-refractivity contribution in [2.75, 3.05) is 0 Å². The summed E-state index contributed by atoms with van der Waals surface area (Å²) in [6.07, 6.45) is 0. The van der Waals surface area contributed by atoms with Gasteiger partial charge in [0, 0.05) is 0 Å². The van der Waals surface area contributed by atoms with Crippen LogP contribution < -0.4 is 0 Å². The first-order valence-electron chi connectivity index (χ1n) is 3.63. The van der Waals surface area contributed by atoms with Crippen LogP contribution in [0.4, 0.5) is 60.6 Å². The molecule has 0 aromatic heterocycles. The van der Waals surface area contributed by atoms with Crippen molar-refractivity contribution in [3.63, 3.8) is 0 Å². The van der Waals surface area contributed by atoms with E-state index in [1.807, 2.05) is 0 Å². The van der Waals surface area contributed by atoms with Crippen molar-refractivity contribution in [3.8, 4) is 0 Å². The van der Waals surface area contributed by atoms with Gasteiger partial charge in [0.15, 0.2) is 0 Å². The second kappa shape index (κ2) is 12.6. The number of alkyl halides is 2. The number of hydrogen-bond acceptors (Lipinski definition) is 0. The number of rotatable bonds is 0. The molecule has 0 amide bonds. The van der Waals surface area contributed by atoms with Crippen LogP contribution in [0.2, 0.25) is 0 Å². The van der Waals surface area contributed by atoms with Crippen molar-refractivity contribution in [3.05, 3.63) is 0 Å². The maximum atomic E-state index is 10.4. The molecule has 116 valence electrons. The first-order chi connectivity index (χ1) is 7.73. The van der Waals surface area contributed by atoms with E-state index in [9.17, 15) is 60.6 Å². The predicted octanol–water partition coefficient (Wildman–Crippen LogP) is 4.28. The van der Waals surface area contributed by atoms with Gasteiger partial charge in [-0.15, -0.1) is 0 Å². The molecule has 19 heavy (non-hydrogen) atoms. The topological polar surface area (TPSA) is 0 Å². The molecular weight excluding hydrogens is 350 g/mol. The molecule has 0 fully saturated rings. The number of hydrogen-bond donors (Lipinski definition) is 0. The van der Waals surface area contributed by atoms with Gasteiger partial charge in [-0.25, -0.2) is 0 Å². The molecule has 0 bridgehead atoms. The first-order valence-corrected chi connectivity index (χ1v) is 5.44. The van der Waals surface area contributed by atoms with Gasteiger partial charge in [-0.3, -0.25) is 0 Å². The van der Waals surface area contributed by atoms with E-state index in [0.717, 1.165) is 0 Å². The molecule has 0 unspecified atom stereocenters. The molecule has 0 saturated carbocycles. The minimum absolute atomic E-state index is 0.271. The van der Waals surface area contributed by atoms with Gasteiger partial charge in [0.25, 0.3) is 0 Å². The summed E-state index contributed by atoms with van der Waals surface area (Å²) >= 11 is -0.271. The molecule has 0 saturated heterocycles. The fraction of sp³-hybridized carbons (Fsp3) is 1.00. The van der Waals surface area contributed by atoms with Crippen LogP contribution in [0.3, 0.4) is 0 Å². The normalized spacial score (nSPS) is 11.4. The summed E-state index contributed by atoms with van der Waals surface area (Å²) in [6, 6.07) is 0. The SMILES string of the molecule is F[B-](F)(F)F.F[B-](F)(F)F.F[B-](F)(F)F.F[CH](F)[K]. The molecule has 0 aromatic carbocycles. The monoisotopic (exact) mass is 351 g/mol. The van der Waals surface area contributed by atoms with Crippen LogP contribution in [0.25, 0.3) is 0 Å².